The lowest BCUT2D eigenvalue weighted by Gasteiger charge is -2.18. The molecule has 7 heteroatoms. The molecule has 0 aliphatic rings. The van der Waals surface area contributed by atoms with Crippen LogP contribution in [-0.2, 0) is 21.4 Å². The number of aryl methyl sites for hydroxylation is 1. The summed E-state index contributed by atoms with van der Waals surface area (Å²) in [5.74, 6) is -0.302. The van der Waals surface area contributed by atoms with Gasteiger partial charge in [-0.2, -0.15) is 4.72 Å². The first-order valence-corrected chi connectivity index (χ1v) is 7.70. The van der Waals surface area contributed by atoms with Gasteiger partial charge in [0.2, 0.25) is 15.9 Å². The zero-order valence-corrected chi connectivity index (χ0v) is 13.0. The van der Waals surface area contributed by atoms with E-state index in [-0.39, 0.29) is 10.8 Å². The molecular formula is C13H21N3O3S. The lowest BCUT2D eigenvalue weighted by molar-refractivity contribution is -0.130. The third kappa shape index (κ3) is 3.78. The maximum atomic E-state index is 12.2. The minimum absolute atomic E-state index is 0.130. The van der Waals surface area contributed by atoms with Crippen LogP contribution in [0.25, 0.3) is 0 Å². The minimum atomic E-state index is -3.72. The number of carbonyl (C=O) groups excluding carboxylic acids is 1. The van der Waals surface area contributed by atoms with Crippen LogP contribution in [0, 0.1) is 6.92 Å². The summed E-state index contributed by atoms with van der Waals surface area (Å²) < 4.78 is 26.8. The number of benzene rings is 1. The Morgan fingerprint density at radius 3 is 2.45 bits per heavy atom. The summed E-state index contributed by atoms with van der Waals surface area (Å²) >= 11 is 0. The highest BCUT2D eigenvalue weighted by Crippen LogP contribution is 2.15. The van der Waals surface area contributed by atoms with Gasteiger partial charge in [-0.3, -0.25) is 4.79 Å². The summed E-state index contributed by atoms with van der Waals surface area (Å²) in [6.45, 7) is 3.67. The van der Waals surface area contributed by atoms with Crippen LogP contribution in [0.2, 0.25) is 0 Å². The standard InChI is InChI=1S/C13H21N3O3S/c1-9-7-12(6-5-11(9)8-14)20(18,19)15-10(2)13(17)16(3)4/h5-7,10,15H,8,14H2,1-4H3. The maximum absolute atomic E-state index is 12.2. The second kappa shape index (κ2) is 6.34. The summed E-state index contributed by atoms with van der Waals surface area (Å²) in [5, 5.41) is 0. The molecule has 0 aliphatic heterocycles. The Morgan fingerprint density at radius 2 is 2.00 bits per heavy atom. The van der Waals surface area contributed by atoms with Gasteiger partial charge in [-0.15, -0.1) is 0 Å². The molecule has 0 spiro atoms. The average Bonchev–Trinajstić information content (AvgIpc) is 2.36. The molecule has 0 bridgehead atoms. The first kappa shape index (κ1) is 16.6. The van der Waals surface area contributed by atoms with Crippen LogP contribution in [0.1, 0.15) is 18.1 Å². The van der Waals surface area contributed by atoms with Crippen molar-refractivity contribution < 1.29 is 13.2 Å². The number of nitrogens with zero attached hydrogens (tertiary/aromatic N) is 1. The second-order valence-corrected chi connectivity index (χ2v) is 6.58. The van der Waals surface area contributed by atoms with Crippen LogP contribution in [0.5, 0.6) is 0 Å². The Morgan fingerprint density at radius 1 is 1.40 bits per heavy atom. The number of likely N-dealkylation sites (N-methyl/N-ethyl adjacent to an activating group) is 1. The molecule has 0 radical (unpaired) electrons. The molecule has 0 saturated heterocycles. The number of rotatable bonds is 5. The van der Waals surface area contributed by atoms with E-state index < -0.39 is 16.1 Å². The third-order valence-electron chi connectivity index (χ3n) is 2.99. The van der Waals surface area contributed by atoms with E-state index in [0.29, 0.717) is 6.54 Å². The van der Waals surface area contributed by atoms with E-state index in [1.165, 1.54) is 17.9 Å². The average molecular weight is 299 g/mol. The fourth-order valence-electron chi connectivity index (χ4n) is 1.80. The fraction of sp³-hybridized carbons (Fsp3) is 0.462. The first-order chi connectivity index (χ1) is 9.19. The lowest BCUT2D eigenvalue weighted by Crippen LogP contribution is -2.44. The van der Waals surface area contributed by atoms with E-state index in [0.717, 1.165) is 11.1 Å². The molecule has 0 fully saturated rings. The zero-order valence-electron chi connectivity index (χ0n) is 12.2. The number of amides is 1. The largest absolute Gasteiger partial charge is 0.347 e. The van der Waals surface area contributed by atoms with Crippen molar-refractivity contribution in [1.82, 2.24) is 9.62 Å². The Bertz CT molecular complexity index is 597. The second-order valence-electron chi connectivity index (χ2n) is 4.87. The highest BCUT2D eigenvalue weighted by atomic mass is 32.2. The van der Waals surface area contributed by atoms with Crippen molar-refractivity contribution in [2.45, 2.75) is 31.3 Å². The van der Waals surface area contributed by atoms with Crippen molar-refractivity contribution in [2.24, 2.45) is 5.73 Å². The highest BCUT2D eigenvalue weighted by Gasteiger charge is 2.23. The molecule has 1 rings (SSSR count). The van der Waals surface area contributed by atoms with Gasteiger partial charge in [0.15, 0.2) is 0 Å². The van der Waals surface area contributed by atoms with Gasteiger partial charge in [-0.1, -0.05) is 6.07 Å². The first-order valence-electron chi connectivity index (χ1n) is 6.22. The van der Waals surface area contributed by atoms with Gasteiger partial charge in [-0.25, -0.2) is 8.42 Å². The van der Waals surface area contributed by atoms with Crippen LogP contribution in [0.3, 0.4) is 0 Å². The van der Waals surface area contributed by atoms with Crippen LogP contribution >= 0.6 is 0 Å². The van der Waals surface area contributed by atoms with Crippen molar-refractivity contribution in [2.75, 3.05) is 14.1 Å². The minimum Gasteiger partial charge on any atom is -0.347 e. The molecule has 0 saturated carbocycles. The molecule has 112 valence electrons. The van der Waals surface area contributed by atoms with E-state index in [9.17, 15) is 13.2 Å². The Hall–Kier alpha value is -1.44. The number of sulfonamides is 1. The van der Waals surface area contributed by atoms with E-state index in [2.05, 4.69) is 4.72 Å². The Labute approximate surface area is 120 Å². The van der Waals surface area contributed by atoms with Gasteiger partial charge >= 0.3 is 0 Å². The van der Waals surface area contributed by atoms with Crippen molar-refractivity contribution in [3.05, 3.63) is 29.3 Å². The molecule has 1 aromatic rings. The van der Waals surface area contributed by atoms with Crippen LogP contribution in [-0.4, -0.2) is 39.4 Å². The number of carbonyl (C=O) groups is 1. The monoisotopic (exact) mass is 299 g/mol. The summed E-state index contributed by atoms with van der Waals surface area (Å²) in [6, 6.07) is 3.91. The summed E-state index contributed by atoms with van der Waals surface area (Å²) in [4.78, 5) is 13.2. The van der Waals surface area contributed by atoms with E-state index in [4.69, 9.17) is 5.73 Å². The SMILES string of the molecule is Cc1cc(S(=O)(=O)NC(C)C(=O)N(C)C)ccc1CN. The van der Waals surface area contributed by atoms with Crippen molar-refractivity contribution >= 4 is 15.9 Å². The summed E-state index contributed by atoms with van der Waals surface area (Å²) in [5.41, 5.74) is 7.25. The quantitative estimate of drug-likeness (QED) is 0.813. The number of hydrogen-bond donors (Lipinski definition) is 2. The number of hydrogen-bond acceptors (Lipinski definition) is 4. The third-order valence-corrected chi connectivity index (χ3v) is 4.53. The van der Waals surface area contributed by atoms with E-state index in [1.54, 1.807) is 33.2 Å². The van der Waals surface area contributed by atoms with Gasteiger partial charge < -0.3 is 10.6 Å². The van der Waals surface area contributed by atoms with Crippen molar-refractivity contribution in [1.29, 1.82) is 0 Å². The molecule has 0 heterocycles. The Balaban J connectivity index is 3.00. The molecule has 1 aromatic carbocycles. The molecule has 6 nitrogen and oxygen atoms in total. The molecule has 3 N–H and O–H groups in total. The summed E-state index contributed by atoms with van der Waals surface area (Å²) in [7, 11) is -0.570. The molecule has 0 aliphatic carbocycles. The zero-order chi connectivity index (χ0) is 15.5. The van der Waals surface area contributed by atoms with E-state index in [1.807, 2.05) is 0 Å². The van der Waals surface area contributed by atoms with Crippen LogP contribution < -0.4 is 10.5 Å². The van der Waals surface area contributed by atoms with Crippen LogP contribution in [0.4, 0.5) is 0 Å². The molecule has 1 amide bonds. The topological polar surface area (TPSA) is 92.5 Å². The Kier molecular flexibility index (Phi) is 5.27. The predicted molar refractivity (Wildman–Crippen MR) is 77.5 cm³/mol. The molecule has 20 heavy (non-hydrogen) atoms. The fourth-order valence-corrected chi connectivity index (χ4v) is 3.08. The highest BCUT2D eigenvalue weighted by molar-refractivity contribution is 7.89. The van der Waals surface area contributed by atoms with Gasteiger partial charge in [0.25, 0.3) is 0 Å². The van der Waals surface area contributed by atoms with Gasteiger partial charge in [0.1, 0.15) is 0 Å². The van der Waals surface area contributed by atoms with Crippen LogP contribution in [0.15, 0.2) is 23.1 Å². The number of nitrogens with two attached hydrogens (primary N) is 1. The molecule has 1 unspecified atom stereocenters. The number of nitrogens with one attached hydrogen (secondary N) is 1. The predicted octanol–water partition coefficient (Wildman–Crippen LogP) is 0.209. The normalized spacial score (nSPS) is 13.1. The maximum Gasteiger partial charge on any atom is 0.241 e. The molecule has 1 atom stereocenters. The molecule has 0 aromatic heterocycles. The van der Waals surface area contributed by atoms with E-state index >= 15 is 0 Å². The van der Waals surface area contributed by atoms with Gasteiger partial charge in [0, 0.05) is 20.6 Å². The lowest BCUT2D eigenvalue weighted by atomic mass is 10.1. The van der Waals surface area contributed by atoms with Gasteiger partial charge in [-0.05, 0) is 37.1 Å². The van der Waals surface area contributed by atoms with Crippen molar-refractivity contribution in [3.8, 4) is 0 Å². The van der Waals surface area contributed by atoms with Gasteiger partial charge in [0.05, 0.1) is 10.9 Å². The summed E-state index contributed by atoms with van der Waals surface area (Å²) in [6.07, 6.45) is 0. The molecular weight excluding hydrogens is 278 g/mol. The van der Waals surface area contributed by atoms with Crippen molar-refractivity contribution in [3.63, 3.8) is 0 Å². The smallest absolute Gasteiger partial charge is 0.241 e.